The summed E-state index contributed by atoms with van der Waals surface area (Å²) in [5.41, 5.74) is 13.0. The lowest BCUT2D eigenvalue weighted by Crippen LogP contribution is -2.44. The summed E-state index contributed by atoms with van der Waals surface area (Å²) in [5.74, 6) is 0.475. The first-order valence-corrected chi connectivity index (χ1v) is 8.24. The number of hydrogen-bond acceptors (Lipinski definition) is 6. The number of pyridine rings is 1. The number of likely N-dealkylation sites (tertiary alicyclic amines) is 1. The molecule has 26 heavy (non-hydrogen) atoms. The summed E-state index contributed by atoms with van der Waals surface area (Å²) >= 11 is 0. The monoisotopic (exact) mass is 354 g/mol. The molecule has 0 aliphatic carbocycles. The minimum atomic E-state index is -0.320. The molecule has 1 aliphatic rings. The molecule has 1 amide bonds. The lowest BCUT2D eigenvalue weighted by molar-refractivity contribution is 0.139. The Morgan fingerprint density at radius 3 is 2.46 bits per heavy atom. The van der Waals surface area contributed by atoms with Crippen LogP contribution in [0.5, 0.6) is 5.75 Å². The van der Waals surface area contributed by atoms with Crippen molar-refractivity contribution in [2.75, 3.05) is 13.1 Å². The Kier molecular flexibility index (Phi) is 7.38. The third kappa shape index (κ3) is 6.06. The Morgan fingerprint density at radius 2 is 1.88 bits per heavy atom. The fourth-order valence-corrected chi connectivity index (χ4v) is 2.32. The van der Waals surface area contributed by atoms with Crippen LogP contribution >= 0.6 is 0 Å². The molecule has 1 aliphatic heterocycles. The van der Waals surface area contributed by atoms with Crippen molar-refractivity contribution >= 4 is 11.9 Å². The van der Waals surface area contributed by atoms with Crippen molar-refractivity contribution in [2.45, 2.75) is 18.9 Å². The second-order valence-electron chi connectivity index (χ2n) is 5.71. The van der Waals surface area contributed by atoms with E-state index in [9.17, 15) is 4.79 Å². The second-order valence-corrected chi connectivity index (χ2v) is 5.71. The minimum absolute atomic E-state index is 0.000556. The fraction of sp³-hybridized carbons (Fsp3) is 0.278. The summed E-state index contributed by atoms with van der Waals surface area (Å²) in [6.07, 6.45) is 4.51. The van der Waals surface area contributed by atoms with Crippen molar-refractivity contribution in [1.82, 2.24) is 9.88 Å². The van der Waals surface area contributed by atoms with Gasteiger partial charge in [0.25, 0.3) is 0 Å². The Morgan fingerprint density at radius 1 is 1.19 bits per heavy atom. The molecule has 136 valence electrons. The van der Waals surface area contributed by atoms with Crippen LogP contribution in [0.3, 0.4) is 0 Å². The van der Waals surface area contributed by atoms with E-state index in [0.29, 0.717) is 24.4 Å². The first-order chi connectivity index (χ1) is 12.6. The van der Waals surface area contributed by atoms with Crippen molar-refractivity contribution in [3.63, 3.8) is 0 Å². The van der Waals surface area contributed by atoms with Crippen LogP contribution in [0, 0.1) is 10.9 Å². The number of rotatable bonds is 2. The lowest BCUT2D eigenvalue weighted by Gasteiger charge is -2.29. The highest BCUT2D eigenvalue weighted by Crippen LogP contribution is 2.12. The highest BCUT2D eigenvalue weighted by molar-refractivity contribution is 5.96. The molecule has 1 fully saturated rings. The van der Waals surface area contributed by atoms with Crippen molar-refractivity contribution < 1.29 is 9.53 Å². The zero-order chi connectivity index (χ0) is 18.8. The largest absolute Gasteiger partial charge is 0.415 e. The fourth-order valence-electron chi connectivity index (χ4n) is 2.32. The topological polar surface area (TPSA) is 129 Å². The summed E-state index contributed by atoms with van der Waals surface area (Å²) in [7, 11) is 0. The van der Waals surface area contributed by atoms with E-state index >= 15 is 0 Å². The number of amides is 1. The maximum atomic E-state index is 11.7. The number of ether oxygens (including phenoxy) is 1. The van der Waals surface area contributed by atoms with Crippen LogP contribution < -0.4 is 10.5 Å². The third-order valence-corrected chi connectivity index (χ3v) is 3.80. The zero-order valence-electron chi connectivity index (χ0n) is 14.3. The molecule has 0 bridgehead atoms. The normalized spacial score (nSPS) is 14.0. The van der Waals surface area contributed by atoms with Crippen LogP contribution in [0.1, 0.15) is 18.4 Å². The van der Waals surface area contributed by atoms with Crippen LogP contribution in [0.25, 0.3) is 0 Å². The number of carbonyl (C=O) groups is 1. The van der Waals surface area contributed by atoms with Gasteiger partial charge in [-0.25, -0.2) is 10.3 Å². The smallest absolute Gasteiger partial charge is 0.409 e. The molecule has 0 saturated carbocycles. The molecule has 4 N–H and O–H groups in total. The number of nitrogens with two attached hydrogens (primary N) is 1. The van der Waals surface area contributed by atoms with Crippen molar-refractivity contribution in [1.29, 1.82) is 10.9 Å². The van der Waals surface area contributed by atoms with Gasteiger partial charge in [-0.1, -0.05) is 30.3 Å². The molecule has 1 aromatic heterocycles. The summed E-state index contributed by atoms with van der Waals surface area (Å²) in [6, 6.07) is 12.6. The first-order valence-electron chi connectivity index (χ1n) is 8.24. The molecule has 0 radical (unpaired) electrons. The van der Waals surface area contributed by atoms with Gasteiger partial charge >= 0.3 is 6.09 Å². The molecular formula is C18H22N6O2. The van der Waals surface area contributed by atoms with E-state index in [4.69, 9.17) is 21.4 Å². The van der Waals surface area contributed by atoms with Gasteiger partial charge in [0.15, 0.2) is 11.6 Å². The van der Waals surface area contributed by atoms with E-state index in [-0.39, 0.29) is 18.0 Å². The van der Waals surface area contributed by atoms with Crippen molar-refractivity contribution in [3.8, 4) is 5.75 Å². The van der Waals surface area contributed by atoms with E-state index in [1.54, 1.807) is 35.4 Å². The number of nitrogens with one attached hydrogen (secondary N) is 2. The molecule has 0 spiro atoms. The van der Waals surface area contributed by atoms with Crippen molar-refractivity contribution in [3.05, 3.63) is 60.4 Å². The van der Waals surface area contributed by atoms with Gasteiger partial charge in [0.2, 0.25) is 0 Å². The van der Waals surface area contributed by atoms with E-state index in [2.05, 4.69) is 10.1 Å². The SMILES string of the molecule is N=NC(=N)c1ccccc1.NC1CCN(C(=O)Oc2cccnc2)CC1. The van der Waals surface area contributed by atoms with E-state index in [1.165, 1.54) is 6.20 Å². The van der Waals surface area contributed by atoms with E-state index in [1.807, 2.05) is 18.2 Å². The molecule has 1 aromatic carbocycles. The Balaban J connectivity index is 0.000000209. The predicted octanol–water partition coefficient (Wildman–Crippen LogP) is 3.05. The van der Waals surface area contributed by atoms with Gasteiger partial charge in [-0.15, -0.1) is 5.11 Å². The number of piperidine rings is 1. The average Bonchev–Trinajstić information content (AvgIpc) is 2.70. The zero-order valence-corrected chi connectivity index (χ0v) is 14.3. The number of carbonyl (C=O) groups excluding carboxylic acids is 1. The quantitative estimate of drug-likeness (QED) is 0.435. The van der Waals surface area contributed by atoms with Gasteiger partial charge in [-0.3, -0.25) is 10.4 Å². The van der Waals surface area contributed by atoms with Crippen LogP contribution in [0.4, 0.5) is 4.79 Å². The molecule has 1 saturated heterocycles. The molecule has 2 heterocycles. The number of amidine groups is 1. The van der Waals surface area contributed by atoms with Crippen LogP contribution in [0.2, 0.25) is 0 Å². The Labute approximate surface area is 152 Å². The summed E-state index contributed by atoms with van der Waals surface area (Å²) in [5, 5.41) is 10.1. The number of hydrogen-bond donors (Lipinski definition) is 3. The first kappa shape index (κ1) is 19.2. The second kappa shape index (κ2) is 10.00. The highest BCUT2D eigenvalue weighted by Gasteiger charge is 2.21. The maximum Gasteiger partial charge on any atom is 0.415 e. The maximum absolute atomic E-state index is 11.7. The summed E-state index contributed by atoms with van der Waals surface area (Å²) < 4.78 is 5.17. The number of aromatic nitrogens is 1. The van der Waals surface area contributed by atoms with E-state index < -0.39 is 0 Å². The van der Waals surface area contributed by atoms with Gasteiger partial charge in [-0.05, 0) is 25.0 Å². The predicted molar refractivity (Wildman–Crippen MR) is 97.5 cm³/mol. The Hall–Kier alpha value is -3.13. The van der Waals surface area contributed by atoms with Crippen LogP contribution in [0.15, 0.2) is 60.0 Å². The summed E-state index contributed by atoms with van der Waals surface area (Å²) in [4.78, 5) is 17.3. The number of benzene rings is 1. The van der Waals surface area contributed by atoms with Crippen LogP contribution in [-0.4, -0.2) is 40.9 Å². The van der Waals surface area contributed by atoms with Crippen LogP contribution in [-0.2, 0) is 0 Å². The standard InChI is InChI=1S/C11H15N3O2.C7H7N3/c12-9-3-6-14(7-4-9)11(15)16-10-2-1-5-13-8-10;8-7(10-9)6-4-2-1-3-5-6/h1-2,5,8-9H,3-4,6-7,12H2;1-5,8-9H. The highest BCUT2D eigenvalue weighted by atomic mass is 16.6. The lowest BCUT2D eigenvalue weighted by atomic mass is 10.1. The molecule has 0 atom stereocenters. The molecule has 0 unspecified atom stereocenters. The van der Waals surface area contributed by atoms with Gasteiger partial charge in [0, 0.05) is 30.9 Å². The van der Waals surface area contributed by atoms with Gasteiger partial charge in [-0.2, -0.15) is 0 Å². The third-order valence-electron chi connectivity index (χ3n) is 3.80. The summed E-state index contributed by atoms with van der Waals surface area (Å²) in [6.45, 7) is 1.33. The van der Waals surface area contributed by atoms with Gasteiger partial charge in [0.05, 0.1) is 6.20 Å². The molecule has 3 rings (SSSR count). The molecule has 8 heteroatoms. The Bertz CT molecular complexity index is 715. The van der Waals surface area contributed by atoms with E-state index in [0.717, 1.165) is 12.8 Å². The van der Waals surface area contributed by atoms with Gasteiger partial charge < -0.3 is 15.4 Å². The van der Waals surface area contributed by atoms with Gasteiger partial charge in [0.1, 0.15) is 0 Å². The molecular weight excluding hydrogens is 332 g/mol. The molecule has 2 aromatic rings. The molecule has 8 nitrogen and oxygen atoms in total. The average molecular weight is 354 g/mol. The minimum Gasteiger partial charge on any atom is -0.409 e. The van der Waals surface area contributed by atoms with Crippen molar-refractivity contribution in [2.24, 2.45) is 10.8 Å². The number of nitrogens with zero attached hydrogens (tertiary/aromatic N) is 3.